The second-order valence-corrected chi connectivity index (χ2v) is 4.36. The van der Waals surface area contributed by atoms with E-state index in [2.05, 4.69) is 4.90 Å². The summed E-state index contributed by atoms with van der Waals surface area (Å²) in [5.74, 6) is -0.428. The van der Waals surface area contributed by atoms with E-state index in [-0.39, 0.29) is 0 Å². The molecule has 66 valence electrons. The maximum absolute atomic E-state index is 12.7. The van der Waals surface area contributed by atoms with Crippen LogP contribution in [0.2, 0.25) is 0 Å². The average molecular weight is 275 g/mol. The average Bonchev–Trinajstić information content (AvgIpc) is 2.32. The standard InChI is InChI=1S/C7H12F2IN/c1-2-11-4-3-6(5-11)7(8,9)10/h6H,2-5H2,1H3. The van der Waals surface area contributed by atoms with Crippen molar-refractivity contribution in [3.05, 3.63) is 0 Å². The number of hydrogen-bond acceptors (Lipinski definition) is 1. The zero-order valence-corrected chi connectivity index (χ0v) is 8.64. The highest BCUT2D eigenvalue weighted by Gasteiger charge is 2.40. The quantitative estimate of drug-likeness (QED) is 0.552. The smallest absolute Gasteiger partial charge is 0.300 e. The maximum Gasteiger partial charge on any atom is 0.300 e. The van der Waals surface area contributed by atoms with Crippen LogP contribution in [0.5, 0.6) is 0 Å². The summed E-state index contributed by atoms with van der Waals surface area (Å²) >= 11 is 1.25. The Morgan fingerprint density at radius 2 is 2.27 bits per heavy atom. The maximum atomic E-state index is 12.7. The topological polar surface area (TPSA) is 3.24 Å². The van der Waals surface area contributed by atoms with Crippen LogP contribution in [-0.2, 0) is 0 Å². The van der Waals surface area contributed by atoms with Gasteiger partial charge in [0.15, 0.2) is 0 Å². The van der Waals surface area contributed by atoms with Gasteiger partial charge in [0.25, 0.3) is 0 Å². The molecule has 0 radical (unpaired) electrons. The molecule has 1 rings (SSSR count). The first kappa shape index (κ1) is 9.64. The second kappa shape index (κ2) is 3.51. The number of halogens is 3. The Bertz CT molecular complexity index is 135. The molecule has 1 unspecified atom stereocenters. The van der Waals surface area contributed by atoms with E-state index in [1.54, 1.807) is 0 Å². The van der Waals surface area contributed by atoms with Gasteiger partial charge in [-0.05, 0) is 42.1 Å². The molecule has 0 N–H and O–H groups in total. The summed E-state index contributed by atoms with van der Waals surface area (Å²) in [6.07, 6.45) is 0.643. The third-order valence-corrected chi connectivity index (χ3v) is 3.06. The molecule has 0 aliphatic carbocycles. The molecule has 0 spiro atoms. The summed E-state index contributed by atoms with van der Waals surface area (Å²) in [5, 5.41) is 0. The predicted molar refractivity (Wildman–Crippen MR) is 49.2 cm³/mol. The summed E-state index contributed by atoms with van der Waals surface area (Å²) in [6, 6.07) is 0. The van der Waals surface area contributed by atoms with Crippen molar-refractivity contribution in [1.29, 1.82) is 0 Å². The predicted octanol–water partition coefficient (Wildman–Crippen LogP) is 2.36. The zero-order valence-electron chi connectivity index (χ0n) is 6.49. The molecule has 1 fully saturated rings. The van der Waals surface area contributed by atoms with Crippen LogP contribution >= 0.6 is 22.6 Å². The summed E-state index contributed by atoms with van der Waals surface area (Å²) < 4.78 is 22.9. The highest BCUT2D eigenvalue weighted by molar-refractivity contribution is 14.1. The van der Waals surface area contributed by atoms with E-state index in [1.165, 1.54) is 22.6 Å². The van der Waals surface area contributed by atoms with Gasteiger partial charge in [0.1, 0.15) is 0 Å². The SMILES string of the molecule is CCN1CCC(C(F)(F)I)C1. The van der Waals surface area contributed by atoms with Crippen molar-refractivity contribution < 1.29 is 8.78 Å². The number of nitrogens with zero attached hydrogens (tertiary/aromatic N) is 1. The molecule has 1 aliphatic rings. The molecule has 1 atom stereocenters. The summed E-state index contributed by atoms with van der Waals surface area (Å²) in [5.41, 5.74) is 0. The second-order valence-electron chi connectivity index (χ2n) is 2.92. The minimum absolute atomic E-state index is 0.428. The van der Waals surface area contributed by atoms with Crippen LogP contribution in [0.25, 0.3) is 0 Å². The monoisotopic (exact) mass is 275 g/mol. The fourth-order valence-electron chi connectivity index (χ4n) is 1.39. The van der Waals surface area contributed by atoms with Crippen LogP contribution in [0.3, 0.4) is 0 Å². The molecule has 1 heterocycles. The van der Waals surface area contributed by atoms with Gasteiger partial charge in [-0.1, -0.05) is 6.92 Å². The number of hydrogen-bond donors (Lipinski definition) is 0. The van der Waals surface area contributed by atoms with Gasteiger partial charge in [-0.15, -0.1) is 0 Å². The Morgan fingerprint density at radius 3 is 2.55 bits per heavy atom. The van der Waals surface area contributed by atoms with Gasteiger partial charge >= 0.3 is 3.93 Å². The van der Waals surface area contributed by atoms with Gasteiger partial charge in [0.2, 0.25) is 0 Å². The molecular formula is C7H12F2IN. The lowest BCUT2D eigenvalue weighted by atomic mass is 10.1. The highest BCUT2D eigenvalue weighted by Crippen LogP contribution is 2.37. The normalized spacial score (nSPS) is 27.8. The highest BCUT2D eigenvalue weighted by atomic mass is 127. The Balaban J connectivity index is 2.42. The van der Waals surface area contributed by atoms with Gasteiger partial charge in [-0.2, -0.15) is 8.78 Å². The molecule has 0 aromatic rings. The van der Waals surface area contributed by atoms with Crippen molar-refractivity contribution in [2.75, 3.05) is 19.6 Å². The summed E-state index contributed by atoms with van der Waals surface area (Å²) in [6.45, 7) is 4.29. The van der Waals surface area contributed by atoms with E-state index in [0.29, 0.717) is 13.0 Å². The zero-order chi connectivity index (χ0) is 8.48. The first-order valence-electron chi connectivity index (χ1n) is 3.83. The van der Waals surface area contributed by atoms with Crippen molar-refractivity contribution >= 4 is 22.6 Å². The van der Waals surface area contributed by atoms with Crippen molar-refractivity contribution in [3.8, 4) is 0 Å². The Kier molecular flexibility index (Phi) is 3.08. The van der Waals surface area contributed by atoms with E-state index in [0.717, 1.165) is 13.1 Å². The molecule has 0 aromatic carbocycles. The number of likely N-dealkylation sites (tertiary alicyclic amines) is 1. The van der Waals surface area contributed by atoms with Crippen LogP contribution in [0.15, 0.2) is 0 Å². The van der Waals surface area contributed by atoms with E-state index in [9.17, 15) is 8.78 Å². The van der Waals surface area contributed by atoms with E-state index in [4.69, 9.17) is 0 Å². The van der Waals surface area contributed by atoms with Crippen molar-refractivity contribution in [3.63, 3.8) is 0 Å². The fourth-order valence-corrected chi connectivity index (χ4v) is 1.90. The van der Waals surface area contributed by atoms with E-state index in [1.807, 2.05) is 6.92 Å². The molecule has 0 amide bonds. The largest absolute Gasteiger partial charge is 0.303 e. The first-order valence-corrected chi connectivity index (χ1v) is 4.91. The molecule has 0 saturated carbocycles. The van der Waals surface area contributed by atoms with E-state index < -0.39 is 9.85 Å². The fraction of sp³-hybridized carbons (Fsp3) is 1.00. The lowest BCUT2D eigenvalue weighted by Gasteiger charge is -2.17. The lowest BCUT2D eigenvalue weighted by molar-refractivity contribution is 0.0615. The number of rotatable bonds is 2. The van der Waals surface area contributed by atoms with Crippen LogP contribution in [0.1, 0.15) is 13.3 Å². The summed E-state index contributed by atoms with van der Waals surface area (Å²) in [7, 11) is 0. The lowest BCUT2D eigenvalue weighted by Crippen LogP contribution is -2.26. The Labute approximate surface area is 79.3 Å². The van der Waals surface area contributed by atoms with Gasteiger partial charge in [-0.25, -0.2) is 0 Å². The molecular weight excluding hydrogens is 263 g/mol. The van der Waals surface area contributed by atoms with Gasteiger partial charge in [0.05, 0.1) is 0 Å². The van der Waals surface area contributed by atoms with Crippen LogP contribution in [0, 0.1) is 5.92 Å². The Morgan fingerprint density at radius 1 is 1.64 bits per heavy atom. The van der Waals surface area contributed by atoms with Crippen molar-refractivity contribution in [2.45, 2.75) is 17.3 Å². The molecule has 0 bridgehead atoms. The van der Waals surface area contributed by atoms with Gasteiger partial charge in [-0.3, -0.25) is 0 Å². The van der Waals surface area contributed by atoms with Crippen LogP contribution in [0.4, 0.5) is 8.78 Å². The Hall–Kier alpha value is 0.550. The van der Waals surface area contributed by atoms with Crippen LogP contribution in [-0.4, -0.2) is 28.5 Å². The van der Waals surface area contributed by atoms with Crippen molar-refractivity contribution in [1.82, 2.24) is 4.90 Å². The molecule has 4 heteroatoms. The molecule has 11 heavy (non-hydrogen) atoms. The minimum atomic E-state index is -2.51. The van der Waals surface area contributed by atoms with Crippen molar-refractivity contribution in [2.24, 2.45) is 5.92 Å². The van der Waals surface area contributed by atoms with Gasteiger partial charge in [0, 0.05) is 12.5 Å². The van der Waals surface area contributed by atoms with E-state index >= 15 is 0 Å². The third-order valence-electron chi connectivity index (χ3n) is 2.18. The molecule has 1 aliphatic heterocycles. The van der Waals surface area contributed by atoms with Crippen LogP contribution < -0.4 is 0 Å². The third kappa shape index (κ3) is 2.50. The van der Waals surface area contributed by atoms with Gasteiger partial charge < -0.3 is 4.90 Å². The minimum Gasteiger partial charge on any atom is -0.303 e. The summed E-state index contributed by atoms with van der Waals surface area (Å²) in [4.78, 5) is 2.07. The molecule has 1 saturated heterocycles. The molecule has 1 nitrogen and oxygen atoms in total. The first-order chi connectivity index (χ1) is 5.04. The number of alkyl halides is 3. The molecule has 0 aromatic heterocycles.